The Morgan fingerprint density at radius 1 is 1.35 bits per heavy atom. The monoisotopic (exact) mass is 275 g/mol. The van der Waals surface area contributed by atoms with E-state index in [1.807, 2.05) is 24.0 Å². The Morgan fingerprint density at radius 2 is 2.10 bits per heavy atom. The molecular weight excluding hydrogens is 254 g/mol. The summed E-state index contributed by atoms with van der Waals surface area (Å²) in [7, 11) is 0. The topological polar surface area (TPSA) is 38.8 Å². The average Bonchev–Trinajstić information content (AvgIpc) is 2.81. The van der Waals surface area contributed by atoms with Gasteiger partial charge in [0.25, 0.3) is 5.91 Å². The molecule has 2 aliphatic rings. The smallest absolute Gasteiger partial charge is 0.253 e. The molecule has 0 saturated carbocycles. The molecule has 1 saturated heterocycles. The minimum absolute atomic E-state index is 0.0580. The van der Waals surface area contributed by atoms with E-state index >= 15 is 0 Å². The summed E-state index contributed by atoms with van der Waals surface area (Å²) in [4.78, 5) is 14.3. The van der Waals surface area contributed by atoms with Crippen molar-refractivity contribution in [1.82, 2.24) is 0 Å². The van der Waals surface area contributed by atoms with E-state index in [9.17, 15) is 4.79 Å². The van der Waals surface area contributed by atoms with Gasteiger partial charge in [0.05, 0.1) is 0 Å². The summed E-state index contributed by atoms with van der Waals surface area (Å²) in [5.74, 6) is 0.0580. The van der Waals surface area contributed by atoms with Gasteiger partial charge in [-0.2, -0.15) is 0 Å². The van der Waals surface area contributed by atoms with Crippen LogP contribution >= 0.6 is 0 Å². The first-order valence-corrected chi connectivity index (χ1v) is 7.32. The molecule has 0 N–H and O–H groups in total. The van der Waals surface area contributed by atoms with E-state index in [1.54, 1.807) is 0 Å². The number of hydrogen-bond acceptors (Lipinski definition) is 3. The fraction of sp³-hybridized carbons (Fsp3) is 0.562. The van der Waals surface area contributed by atoms with Gasteiger partial charge in [-0.15, -0.1) is 0 Å². The molecule has 2 aliphatic heterocycles. The van der Waals surface area contributed by atoms with Crippen LogP contribution in [-0.2, 0) is 19.7 Å². The number of para-hydroxylation sites is 1. The Hall–Kier alpha value is -1.39. The molecule has 0 aromatic heterocycles. The van der Waals surface area contributed by atoms with Gasteiger partial charge in [0.15, 0.2) is 0 Å². The number of hydrogen-bond donors (Lipinski definition) is 0. The molecule has 0 radical (unpaired) electrons. The minimum Gasteiger partial charge on any atom is -0.381 e. The lowest BCUT2D eigenvalue weighted by molar-refractivity contribution is -0.123. The van der Waals surface area contributed by atoms with E-state index in [4.69, 9.17) is 9.47 Å². The highest BCUT2D eigenvalue weighted by Gasteiger charge is 2.45. The zero-order valence-corrected chi connectivity index (χ0v) is 11.9. The van der Waals surface area contributed by atoms with Gasteiger partial charge in [-0.05, 0) is 31.4 Å². The number of nitrogens with zero attached hydrogens (tertiary/aromatic N) is 1. The lowest BCUT2D eigenvalue weighted by Gasteiger charge is -2.34. The highest BCUT2D eigenvalue weighted by atomic mass is 16.5. The lowest BCUT2D eigenvalue weighted by atomic mass is 9.76. The van der Waals surface area contributed by atoms with Gasteiger partial charge in [-0.25, -0.2) is 0 Å². The first-order valence-electron chi connectivity index (χ1n) is 7.32. The molecule has 108 valence electrons. The highest BCUT2D eigenvalue weighted by molar-refractivity contribution is 5.97. The molecule has 1 aromatic carbocycles. The Labute approximate surface area is 119 Å². The first kappa shape index (κ1) is 13.6. The SMILES string of the molecule is CCOCC(=O)N1CC2(CCOCC2)c2ccccc21. The van der Waals surface area contributed by atoms with Crippen LogP contribution in [0.25, 0.3) is 0 Å². The van der Waals surface area contributed by atoms with Crippen LogP contribution in [0.15, 0.2) is 24.3 Å². The average molecular weight is 275 g/mol. The number of fused-ring (bicyclic) bond motifs is 2. The Bertz CT molecular complexity index is 494. The molecule has 0 unspecified atom stereocenters. The summed E-state index contributed by atoms with van der Waals surface area (Å²) < 4.78 is 10.8. The van der Waals surface area contributed by atoms with Crippen molar-refractivity contribution in [3.63, 3.8) is 0 Å². The predicted molar refractivity (Wildman–Crippen MR) is 77.0 cm³/mol. The van der Waals surface area contributed by atoms with Gasteiger partial charge in [0.1, 0.15) is 6.61 Å². The van der Waals surface area contributed by atoms with Gasteiger partial charge >= 0.3 is 0 Å². The first-order chi connectivity index (χ1) is 9.77. The molecule has 0 atom stereocenters. The van der Waals surface area contributed by atoms with Crippen molar-refractivity contribution in [2.75, 3.05) is 37.9 Å². The summed E-state index contributed by atoms with van der Waals surface area (Å²) >= 11 is 0. The van der Waals surface area contributed by atoms with E-state index < -0.39 is 0 Å². The maximum absolute atomic E-state index is 12.4. The molecular formula is C16H21NO3. The van der Waals surface area contributed by atoms with Crippen molar-refractivity contribution in [2.45, 2.75) is 25.2 Å². The number of carbonyl (C=O) groups excluding carboxylic acids is 1. The molecule has 1 fully saturated rings. The maximum atomic E-state index is 12.4. The molecule has 4 heteroatoms. The van der Waals surface area contributed by atoms with Crippen molar-refractivity contribution in [2.24, 2.45) is 0 Å². The fourth-order valence-electron chi connectivity index (χ4n) is 3.31. The maximum Gasteiger partial charge on any atom is 0.253 e. The van der Waals surface area contributed by atoms with Crippen molar-refractivity contribution in [3.8, 4) is 0 Å². The molecule has 1 amide bonds. The van der Waals surface area contributed by atoms with Crippen molar-refractivity contribution >= 4 is 11.6 Å². The van der Waals surface area contributed by atoms with Gasteiger partial charge in [-0.1, -0.05) is 18.2 Å². The zero-order valence-electron chi connectivity index (χ0n) is 11.9. The molecule has 0 aliphatic carbocycles. The lowest BCUT2D eigenvalue weighted by Crippen LogP contribution is -2.41. The van der Waals surface area contributed by atoms with E-state index in [1.165, 1.54) is 5.56 Å². The van der Waals surface area contributed by atoms with E-state index in [0.717, 1.165) is 38.3 Å². The Kier molecular flexibility index (Phi) is 3.76. The van der Waals surface area contributed by atoms with Crippen molar-refractivity contribution in [3.05, 3.63) is 29.8 Å². The molecule has 3 rings (SSSR count). The quantitative estimate of drug-likeness (QED) is 0.848. The highest BCUT2D eigenvalue weighted by Crippen LogP contribution is 2.46. The summed E-state index contributed by atoms with van der Waals surface area (Å²) in [5, 5.41) is 0. The summed E-state index contributed by atoms with van der Waals surface area (Å²) in [5.41, 5.74) is 2.43. The van der Waals surface area contributed by atoms with Crippen LogP contribution in [0.2, 0.25) is 0 Å². The van der Waals surface area contributed by atoms with Crippen LogP contribution in [0, 0.1) is 0 Å². The van der Waals surface area contributed by atoms with Gasteiger partial charge in [-0.3, -0.25) is 4.79 Å². The fourth-order valence-corrected chi connectivity index (χ4v) is 3.31. The number of anilines is 1. The number of carbonyl (C=O) groups is 1. The second-order valence-electron chi connectivity index (χ2n) is 5.53. The number of benzene rings is 1. The zero-order chi connectivity index (χ0) is 14.0. The molecule has 1 aromatic rings. The van der Waals surface area contributed by atoms with E-state index in [0.29, 0.717) is 6.61 Å². The second kappa shape index (κ2) is 5.54. The Balaban J connectivity index is 1.90. The van der Waals surface area contributed by atoms with Crippen LogP contribution < -0.4 is 4.90 Å². The van der Waals surface area contributed by atoms with Gasteiger partial charge < -0.3 is 14.4 Å². The molecule has 1 spiro atoms. The van der Waals surface area contributed by atoms with E-state index in [2.05, 4.69) is 12.1 Å². The van der Waals surface area contributed by atoms with Gasteiger partial charge in [0.2, 0.25) is 0 Å². The van der Waals surface area contributed by atoms with Crippen LogP contribution in [-0.4, -0.2) is 38.9 Å². The third kappa shape index (κ3) is 2.23. The van der Waals surface area contributed by atoms with Crippen LogP contribution in [0.3, 0.4) is 0 Å². The van der Waals surface area contributed by atoms with Crippen LogP contribution in [0.5, 0.6) is 0 Å². The predicted octanol–water partition coefficient (Wildman–Crippen LogP) is 2.12. The molecule has 20 heavy (non-hydrogen) atoms. The standard InChI is InChI=1S/C16H21NO3/c1-2-19-11-15(18)17-12-16(7-9-20-10-8-16)13-5-3-4-6-14(13)17/h3-6H,2,7-12H2,1H3. The summed E-state index contributed by atoms with van der Waals surface area (Å²) in [6.45, 7) is 4.97. The van der Waals surface area contributed by atoms with Crippen LogP contribution in [0.1, 0.15) is 25.3 Å². The van der Waals surface area contributed by atoms with Gasteiger partial charge in [0, 0.05) is 37.5 Å². The summed E-state index contributed by atoms with van der Waals surface area (Å²) in [6.07, 6.45) is 1.98. The molecule has 4 nitrogen and oxygen atoms in total. The van der Waals surface area contributed by atoms with Crippen LogP contribution in [0.4, 0.5) is 5.69 Å². The third-order valence-corrected chi connectivity index (χ3v) is 4.41. The Morgan fingerprint density at radius 3 is 2.85 bits per heavy atom. The van der Waals surface area contributed by atoms with Crippen molar-refractivity contribution < 1.29 is 14.3 Å². The normalized spacial score (nSPS) is 20.1. The third-order valence-electron chi connectivity index (χ3n) is 4.41. The number of amides is 1. The number of ether oxygens (including phenoxy) is 2. The molecule has 2 heterocycles. The second-order valence-corrected chi connectivity index (χ2v) is 5.53. The van der Waals surface area contributed by atoms with E-state index in [-0.39, 0.29) is 17.9 Å². The molecule has 0 bridgehead atoms. The largest absolute Gasteiger partial charge is 0.381 e. The van der Waals surface area contributed by atoms with Crippen molar-refractivity contribution in [1.29, 1.82) is 0 Å². The number of rotatable bonds is 3. The minimum atomic E-state index is 0.0580. The summed E-state index contributed by atoms with van der Waals surface area (Å²) in [6, 6.07) is 8.27.